The normalized spacial score (nSPS) is 10.2. The minimum Gasteiger partial charge on any atom is -0.457 e. The third kappa shape index (κ3) is 5.11. The molecule has 0 saturated carbocycles. The van der Waals surface area contributed by atoms with Crippen molar-refractivity contribution < 1.29 is 9.53 Å². The standard InChI is InChI=1S/C22H22N2O2/c1-2-17-8-10-18(11-9-17)23-16-22(25)24-19-12-14-21(15-13-19)26-20-6-4-3-5-7-20/h3-15,23H,2,16H2,1H3,(H,24,25). The first-order valence-corrected chi connectivity index (χ1v) is 8.68. The fraction of sp³-hybridized carbons (Fsp3) is 0.136. The molecule has 0 atom stereocenters. The molecule has 0 fully saturated rings. The van der Waals surface area contributed by atoms with E-state index in [0.717, 1.165) is 29.3 Å². The van der Waals surface area contributed by atoms with Crippen LogP contribution in [-0.4, -0.2) is 12.5 Å². The number of carbonyl (C=O) groups excluding carboxylic acids is 1. The molecule has 4 nitrogen and oxygen atoms in total. The van der Waals surface area contributed by atoms with Crippen LogP contribution in [0.4, 0.5) is 11.4 Å². The summed E-state index contributed by atoms with van der Waals surface area (Å²) in [6.45, 7) is 2.33. The lowest BCUT2D eigenvalue weighted by molar-refractivity contribution is -0.114. The molecule has 2 N–H and O–H groups in total. The van der Waals surface area contributed by atoms with E-state index in [1.807, 2.05) is 66.7 Å². The van der Waals surface area contributed by atoms with Gasteiger partial charge < -0.3 is 15.4 Å². The number of amides is 1. The van der Waals surface area contributed by atoms with Gasteiger partial charge in [0.15, 0.2) is 0 Å². The summed E-state index contributed by atoms with van der Waals surface area (Å²) < 4.78 is 5.74. The fourth-order valence-corrected chi connectivity index (χ4v) is 2.48. The molecule has 0 unspecified atom stereocenters. The third-order valence-corrected chi connectivity index (χ3v) is 3.93. The first-order valence-electron chi connectivity index (χ1n) is 8.68. The second-order valence-corrected chi connectivity index (χ2v) is 5.89. The number of carbonyl (C=O) groups is 1. The van der Waals surface area contributed by atoms with Gasteiger partial charge in [-0.1, -0.05) is 37.3 Å². The van der Waals surface area contributed by atoms with Gasteiger partial charge in [-0.25, -0.2) is 0 Å². The second-order valence-electron chi connectivity index (χ2n) is 5.89. The third-order valence-electron chi connectivity index (χ3n) is 3.93. The Labute approximate surface area is 153 Å². The Hall–Kier alpha value is -3.27. The Morgan fingerprint density at radius 2 is 1.42 bits per heavy atom. The summed E-state index contributed by atoms with van der Waals surface area (Å²) in [5, 5.41) is 5.99. The molecule has 0 radical (unpaired) electrons. The van der Waals surface area contributed by atoms with Gasteiger partial charge in [-0.05, 0) is 60.5 Å². The van der Waals surface area contributed by atoms with Crippen LogP contribution in [0.15, 0.2) is 78.9 Å². The molecule has 3 aromatic rings. The Balaban J connectivity index is 1.49. The quantitative estimate of drug-likeness (QED) is 0.626. The van der Waals surface area contributed by atoms with Crippen molar-refractivity contribution in [1.29, 1.82) is 0 Å². The molecule has 0 spiro atoms. The van der Waals surface area contributed by atoms with Crippen molar-refractivity contribution in [2.75, 3.05) is 17.2 Å². The van der Waals surface area contributed by atoms with Gasteiger partial charge in [-0.15, -0.1) is 0 Å². The van der Waals surface area contributed by atoms with Gasteiger partial charge in [0, 0.05) is 11.4 Å². The first kappa shape index (κ1) is 17.5. The molecule has 0 aliphatic rings. The summed E-state index contributed by atoms with van der Waals surface area (Å²) in [5.41, 5.74) is 2.94. The molecule has 132 valence electrons. The first-order chi connectivity index (χ1) is 12.7. The summed E-state index contributed by atoms with van der Waals surface area (Å²) in [6, 6.07) is 25.0. The zero-order chi connectivity index (χ0) is 18.2. The maximum Gasteiger partial charge on any atom is 0.243 e. The van der Waals surface area contributed by atoms with E-state index in [2.05, 4.69) is 29.7 Å². The molecule has 0 bridgehead atoms. The number of para-hydroxylation sites is 1. The van der Waals surface area contributed by atoms with Gasteiger partial charge in [-0.3, -0.25) is 4.79 Å². The van der Waals surface area contributed by atoms with Crippen LogP contribution in [0, 0.1) is 0 Å². The van der Waals surface area contributed by atoms with E-state index >= 15 is 0 Å². The Morgan fingerprint density at radius 3 is 2.08 bits per heavy atom. The average molecular weight is 346 g/mol. The lowest BCUT2D eigenvalue weighted by Crippen LogP contribution is -2.21. The summed E-state index contributed by atoms with van der Waals surface area (Å²) in [6.07, 6.45) is 1.00. The highest BCUT2D eigenvalue weighted by Crippen LogP contribution is 2.22. The van der Waals surface area contributed by atoms with E-state index in [9.17, 15) is 4.79 Å². The van der Waals surface area contributed by atoms with Crippen LogP contribution in [0.1, 0.15) is 12.5 Å². The number of benzene rings is 3. The largest absolute Gasteiger partial charge is 0.457 e. The Kier molecular flexibility index (Phi) is 5.88. The maximum atomic E-state index is 12.1. The van der Waals surface area contributed by atoms with E-state index in [0.29, 0.717) is 0 Å². The van der Waals surface area contributed by atoms with Gasteiger partial charge in [0.1, 0.15) is 11.5 Å². The SMILES string of the molecule is CCc1ccc(NCC(=O)Nc2ccc(Oc3ccccc3)cc2)cc1. The van der Waals surface area contributed by atoms with Crippen LogP contribution in [-0.2, 0) is 11.2 Å². The molecule has 0 saturated heterocycles. The lowest BCUT2D eigenvalue weighted by Gasteiger charge is -2.09. The molecule has 3 aromatic carbocycles. The smallest absolute Gasteiger partial charge is 0.243 e. The van der Waals surface area contributed by atoms with Crippen LogP contribution >= 0.6 is 0 Å². The summed E-state index contributed by atoms with van der Waals surface area (Å²) in [5.74, 6) is 1.41. The molecular weight excluding hydrogens is 324 g/mol. The number of hydrogen-bond acceptors (Lipinski definition) is 3. The van der Waals surface area contributed by atoms with Gasteiger partial charge in [0.25, 0.3) is 0 Å². The predicted molar refractivity (Wildman–Crippen MR) is 106 cm³/mol. The number of nitrogens with one attached hydrogen (secondary N) is 2. The number of aryl methyl sites for hydroxylation is 1. The number of hydrogen-bond donors (Lipinski definition) is 2. The van der Waals surface area contributed by atoms with E-state index in [4.69, 9.17) is 4.74 Å². The van der Waals surface area contributed by atoms with Crippen molar-refractivity contribution in [2.45, 2.75) is 13.3 Å². The lowest BCUT2D eigenvalue weighted by atomic mass is 10.1. The zero-order valence-electron chi connectivity index (χ0n) is 14.7. The van der Waals surface area contributed by atoms with Crippen molar-refractivity contribution in [3.63, 3.8) is 0 Å². The Bertz CT molecular complexity index is 828. The van der Waals surface area contributed by atoms with Crippen LogP contribution < -0.4 is 15.4 Å². The van der Waals surface area contributed by atoms with Gasteiger partial charge >= 0.3 is 0 Å². The van der Waals surface area contributed by atoms with Crippen LogP contribution in [0.2, 0.25) is 0 Å². The number of anilines is 2. The molecule has 4 heteroatoms. The molecule has 3 rings (SSSR count). The monoisotopic (exact) mass is 346 g/mol. The van der Waals surface area contributed by atoms with E-state index < -0.39 is 0 Å². The van der Waals surface area contributed by atoms with Crippen molar-refractivity contribution in [3.8, 4) is 11.5 Å². The van der Waals surface area contributed by atoms with Crippen LogP contribution in [0.25, 0.3) is 0 Å². The minimum atomic E-state index is -0.0960. The zero-order valence-corrected chi connectivity index (χ0v) is 14.7. The fourth-order valence-electron chi connectivity index (χ4n) is 2.48. The molecule has 26 heavy (non-hydrogen) atoms. The van der Waals surface area contributed by atoms with Crippen LogP contribution in [0.5, 0.6) is 11.5 Å². The summed E-state index contributed by atoms with van der Waals surface area (Å²) >= 11 is 0. The van der Waals surface area contributed by atoms with Crippen molar-refractivity contribution in [1.82, 2.24) is 0 Å². The number of rotatable bonds is 7. The Morgan fingerprint density at radius 1 is 0.808 bits per heavy atom. The molecular formula is C22H22N2O2. The minimum absolute atomic E-state index is 0.0960. The topological polar surface area (TPSA) is 50.4 Å². The molecule has 0 heterocycles. The number of ether oxygens (including phenoxy) is 1. The average Bonchev–Trinajstić information content (AvgIpc) is 2.69. The molecule has 0 aliphatic heterocycles. The van der Waals surface area contributed by atoms with Crippen molar-refractivity contribution in [3.05, 3.63) is 84.4 Å². The van der Waals surface area contributed by atoms with Crippen molar-refractivity contribution in [2.24, 2.45) is 0 Å². The van der Waals surface area contributed by atoms with E-state index in [1.54, 1.807) is 0 Å². The predicted octanol–water partition coefficient (Wildman–Crippen LogP) is 5.09. The second kappa shape index (κ2) is 8.72. The van der Waals surface area contributed by atoms with E-state index in [-0.39, 0.29) is 12.5 Å². The summed E-state index contributed by atoms with van der Waals surface area (Å²) in [4.78, 5) is 12.1. The highest BCUT2D eigenvalue weighted by Gasteiger charge is 2.03. The van der Waals surface area contributed by atoms with Crippen LogP contribution in [0.3, 0.4) is 0 Å². The maximum absolute atomic E-state index is 12.1. The molecule has 0 aromatic heterocycles. The van der Waals surface area contributed by atoms with Gasteiger partial charge in [0.2, 0.25) is 5.91 Å². The molecule has 1 amide bonds. The van der Waals surface area contributed by atoms with E-state index in [1.165, 1.54) is 5.56 Å². The van der Waals surface area contributed by atoms with Crippen molar-refractivity contribution >= 4 is 17.3 Å². The highest BCUT2D eigenvalue weighted by atomic mass is 16.5. The highest BCUT2D eigenvalue weighted by molar-refractivity contribution is 5.93. The van der Waals surface area contributed by atoms with Gasteiger partial charge in [-0.2, -0.15) is 0 Å². The van der Waals surface area contributed by atoms with Gasteiger partial charge in [0.05, 0.1) is 6.54 Å². The molecule has 0 aliphatic carbocycles. The summed E-state index contributed by atoms with van der Waals surface area (Å²) in [7, 11) is 0.